The van der Waals surface area contributed by atoms with Crippen LogP contribution in [-0.4, -0.2) is 13.0 Å². The van der Waals surface area contributed by atoms with Crippen LogP contribution in [0.25, 0.3) is 0 Å². The van der Waals surface area contributed by atoms with Gasteiger partial charge in [0.25, 0.3) is 5.91 Å². The van der Waals surface area contributed by atoms with Crippen molar-refractivity contribution in [1.82, 2.24) is 0 Å². The van der Waals surface area contributed by atoms with Crippen LogP contribution in [0.1, 0.15) is 15.9 Å². The second kappa shape index (κ2) is 5.76. The van der Waals surface area contributed by atoms with E-state index in [9.17, 15) is 4.79 Å². The lowest BCUT2D eigenvalue weighted by molar-refractivity contribution is 0.102. The standard InChI is InChI=1S/C15H13N3O2/c1-20-14-8-12(17)5-6-13(14)18-15(19)11-4-2-3-10(7-11)9-16/h2-8H,17H2,1H3,(H,18,19). The molecule has 0 atom stereocenters. The van der Waals surface area contributed by atoms with Crippen LogP contribution in [0.2, 0.25) is 0 Å². The molecule has 0 aliphatic carbocycles. The van der Waals surface area contributed by atoms with Crippen molar-refractivity contribution in [2.24, 2.45) is 0 Å². The SMILES string of the molecule is COc1cc(N)ccc1NC(=O)c1cccc(C#N)c1. The largest absolute Gasteiger partial charge is 0.494 e. The van der Waals surface area contributed by atoms with Gasteiger partial charge in [0.2, 0.25) is 0 Å². The zero-order valence-corrected chi connectivity index (χ0v) is 10.9. The number of methoxy groups -OCH3 is 1. The van der Waals surface area contributed by atoms with E-state index in [0.717, 1.165) is 0 Å². The van der Waals surface area contributed by atoms with Crippen molar-refractivity contribution in [3.63, 3.8) is 0 Å². The first-order valence-corrected chi connectivity index (χ1v) is 5.89. The van der Waals surface area contributed by atoms with Crippen molar-refractivity contribution < 1.29 is 9.53 Å². The minimum Gasteiger partial charge on any atom is -0.494 e. The molecular formula is C15H13N3O2. The summed E-state index contributed by atoms with van der Waals surface area (Å²) in [5.74, 6) is 0.167. The highest BCUT2D eigenvalue weighted by atomic mass is 16.5. The number of ether oxygens (including phenoxy) is 1. The Morgan fingerprint density at radius 1 is 1.30 bits per heavy atom. The number of nitrogens with two attached hydrogens (primary N) is 1. The zero-order chi connectivity index (χ0) is 14.5. The highest BCUT2D eigenvalue weighted by Crippen LogP contribution is 2.27. The molecule has 3 N–H and O–H groups in total. The fourth-order valence-electron chi connectivity index (χ4n) is 1.74. The van der Waals surface area contributed by atoms with Crippen molar-refractivity contribution in [2.75, 3.05) is 18.2 Å². The Bertz CT molecular complexity index is 690. The monoisotopic (exact) mass is 267 g/mol. The fraction of sp³-hybridized carbons (Fsp3) is 0.0667. The molecule has 0 fully saturated rings. The average molecular weight is 267 g/mol. The smallest absolute Gasteiger partial charge is 0.255 e. The number of nitrogens with one attached hydrogen (secondary N) is 1. The number of carbonyl (C=O) groups is 1. The molecule has 0 unspecified atom stereocenters. The number of anilines is 2. The number of carbonyl (C=O) groups excluding carboxylic acids is 1. The second-order valence-electron chi connectivity index (χ2n) is 4.11. The molecule has 0 heterocycles. The summed E-state index contributed by atoms with van der Waals surface area (Å²) in [7, 11) is 1.50. The lowest BCUT2D eigenvalue weighted by atomic mass is 10.1. The van der Waals surface area contributed by atoms with Crippen LogP contribution >= 0.6 is 0 Å². The topological polar surface area (TPSA) is 88.1 Å². The summed E-state index contributed by atoms with van der Waals surface area (Å²) in [6.45, 7) is 0. The molecule has 0 aliphatic rings. The zero-order valence-electron chi connectivity index (χ0n) is 10.9. The number of hydrogen-bond donors (Lipinski definition) is 2. The molecule has 0 aliphatic heterocycles. The van der Waals surface area contributed by atoms with Gasteiger partial charge in [-0.25, -0.2) is 0 Å². The van der Waals surface area contributed by atoms with Gasteiger partial charge in [-0.15, -0.1) is 0 Å². The Kier molecular flexibility index (Phi) is 3.87. The molecule has 2 aromatic carbocycles. The molecule has 20 heavy (non-hydrogen) atoms. The molecule has 2 aromatic rings. The third kappa shape index (κ3) is 2.87. The quantitative estimate of drug-likeness (QED) is 0.836. The van der Waals surface area contributed by atoms with Crippen molar-refractivity contribution in [1.29, 1.82) is 5.26 Å². The summed E-state index contributed by atoms with van der Waals surface area (Å²) in [6, 6.07) is 13.4. The van der Waals surface area contributed by atoms with Crippen molar-refractivity contribution in [3.05, 3.63) is 53.6 Å². The minimum atomic E-state index is -0.315. The Morgan fingerprint density at radius 3 is 2.80 bits per heavy atom. The third-order valence-corrected chi connectivity index (χ3v) is 2.73. The number of nitrogen functional groups attached to an aromatic ring is 1. The van der Waals surface area contributed by atoms with Gasteiger partial charge in [-0.3, -0.25) is 4.79 Å². The molecule has 5 nitrogen and oxygen atoms in total. The van der Waals surface area contributed by atoms with Gasteiger partial charge in [0, 0.05) is 17.3 Å². The van der Waals surface area contributed by atoms with Gasteiger partial charge in [-0.1, -0.05) is 6.07 Å². The molecular weight excluding hydrogens is 254 g/mol. The van der Waals surface area contributed by atoms with Gasteiger partial charge in [-0.05, 0) is 30.3 Å². The van der Waals surface area contributed by atoms with Gasteiger partial charge < -0.3 is 15.8 Å². The van der Waals surface area contributed by atoms with E-state index in [-0.39, 0.29) is 5.91 Å². The van der Waals surface area contributed by atoms with E-state index in [1.54, 1.807) is 36.4 Å². The summed E-state index contributed by atoms with van der Waals surface area (Å²) >= 11 is 0. The maximum absolute atomic E-state index is 12.1. The summed E-state index contributed by atoms with van der Waals surface area (Å²) in [5.41, 5.74) is 7.56. The molecule has 0 spiro atoms. The van der Waals surface area contributed by atoms with Gasteiger partial charge in [0.1, 0.15) is 5.75 Å². The van der Waals surface area contributed by atoms with Crippen LogP contribution in [0.15, 0.2) is 42.5 Å². The predicted molar refractivity (Wildman–Crippen MR) is 76.5 cm³/mol. The minimum absolute atomic E-state index is 0.315. The van der Waals surface area contributed by atoms with Gasteiger partial charge >= 0.3 is 0 Å². The molecule has 0 aromatic heterocycles. The molecule has 1 amide bonds. The number of hydrogen-bond acceptors (Lipinski definition) is 4. The van der Waals surface area contributed by atoms with E-state index in [0.29, 0.717) is 28.3 Å². The van der Waals surface area contributed by atoms with Gasteiger partial charge in [-0.2, -0.15) is 5.26 Å². The summed E-state index contributed by atoms with van der Waals surface area (Å²) in [4.78, 5) is 12.1. The Morgan fingerprint density at radius 2 is 2.10 bits per heavy atom. The molecule has 0 bridgehead atoms. The van der Waals surface area contributed by atoms with Crippen LogP contribution in [0.5, 0.6) is 5.75 Å². The first-order chi connectivity index (χ1) is 9.63. The normalized spacial score (nSPS) is 9.60. The lowest BCUT2D eigenvalue weighted by Gasteiger charge is -2.10. The average Bonchev–Trinajstić information content (AvgIpc) is 2.49. The molecule has 2 rings (SSSR count). The number of rotatable bonds is 3. The number of nitriles is 1. The van der Waals surface area contributed by atoms with Crippen LogP contribution in [0, 0.1) is 11.3 Å². The highest BCUT2D eigenvalue weighted by Gasteiger charge is 2.10. The Labute approximate surface area is 116 Å². The summed E-state index contributed by atoms with van der Waals surface area (Å²) in [5, 5.41) is 11.6. The summed E-state index contributed by atoms with van der Waals surface area (Å²) in [6.07, 6.45) is 0. The van der Waals surface area contributed by atoms with Crippen LogP contribution < -0.4 is 15.8 Å². The maximum Gasteiger partial charge on any atom is 0.255 e. The second-order valence-corrected chi connectivity index (χ2v) is 4.11. The van der Waals surface area contributed by atoms with Crippen LogP contribution in [0.4, 0.5) is 11.4 Å². The number of amides is 1. The molecule has 0 radical (unpaired) electrons. The van der Waals surface area contributed by atoms with Gasteiger partial charge in [0.05, 0.1) is 24.4 Å². The van der Waals surface area contributed by atoms with Crippen LogP contribution in [0.3, 0.4) is 0 Å². The molecule has 100 valence electrons. The molecule has 0 saturated carbocycles. The van der Waals surface area contributed by atoms with Crippen molar-refractivity contribution in [3.8, 4) is 11.8 Å². The van der Waals surface area contributed by atoms with Crippen LogP contribution in [-0.2, 0) is 0 Å². The van der Waals surface area contributed by atoms with Gasteiger partial charge in [0.15, 0.2) is 0 Å². The van der Waals surface area contributed by atoms with E-state index in [4.69, 9.17) is 15.7 Å². The van der Waals surface area contributed by atoms with E-state index in [2.05, 4.69) is 5.32 Å². The number of benzene rings is 2. The third-order valence-electron chi connectivity index (χ3n) is 2.73. The molecule has 0 saturated heterocycles. The highest BCUT2D eigenvalue weighted by molar-refractivity contribution is 6.05. The Hall–Kier alpha value is -3.00. The van der Waals surface area contributed by atoms with E-state index < -0.39 is 0 Å². The van der Waals surface area contributed by atoms with E-state index in [1.165, 1.54) is 13.2 Å². The first-order valence-electron chi connectivity index (χ1n) is 5.89. The maximum atomic E-state index is 12.1. The lowest BCUT2D eigenvalue weighted by Crippen LogP contribution is -2.12. The van der Waals surface area contributed by atoms with E-state index in [1.807, 2.05) is 6.07 Å². The predicted octanol–water partition coefficient (Wildman–Crippen LogP) is 2.40. The first kappa shape index (κ1) is 13.4. The van der Waals surface area contributed by atoms with E-state index >= 15 is 0 Å². The molecule has 5 heteroatoms. The number of nitrogens with zero attached hydrogens (tertiary/aromatic N) is 1. The Balaban J connectivity index is 2.25. The summed E-state index contributed by atoms with van der Waals surface area (Å²) < 4.78 is 5.16. The fourth-order valence-corrected chi connectivity index (χ4v) is 1.74. The van der Waals surface area contributed by atoms with Crippen molar-refractivity contribution >= 4 is 17.3 Å². The van der Waals surface area contributed by atoms with Crippen molar-refractivity contribution in [2.45, 2.75) is 0 Å².